The molecule has 1 unspecified atom stereocenters. The van der Waals surface area contributed by atoms with E-state index in [2.05, 4.69) is 5.43 Å². The van der Waals surface area contributed by atoms with E-state index < -0.39 is 5.82 Å². The highest BCUT2D eigenvalue weighted by Crippen LogP contribution is 2.30. The minimum absolute atomic E-state index is 0.113. The first-order valence-electron chi connectivity index (χ1n) is 6.19. The third kappa shape index (κ3) is 3.33. The maximum absolute atomic E-state index is 13.5. The molecule has 0 aromatic heterocycles. The Morgan fingerprint density at radius 1 is 1.25 bits per heavy atom. The van der Waals surface area contributed by atoms with E-state index in [9.17, 15) is 4.39 Å². The topological polar surface area (TPSA) is 38.0 Å². The van der Waals surface area contributed by atoms with Crippen LogP contribution in [0.25, 0.3) is 0 Å². The molecule has 2 aromatic carbocycles. The lowest BCUT2D eigenvalue weighted by molar-refractivity contribution is 0.541. The molecule has 0 aliphatic heterocycles. The van der Waals surface area contributed by atoms with E-state index in [-0.39, 0.29) is 11.1 Å². The van der Waals surface area contributed by atoms with Crippen molar-refractivity contribution < 1.29 is 4.39 Å². The summed E-state index contributed by atoms with van der Waals surface area (Å²) < 4.78 is 13.5. The predicted octanol–water partition coefficient (Wildman–Crippen LogP) is 3.95. The van der Waals surface area contributed by atoms with Gasteiger partial charge < -0.3 is 0 Å². The molecule has 0 aliphatic carbocycles. The lowest BCUT2D eigenvalue weighted by Gasteiger charge is -2.19. The predicted molar refractivity (Wildman–Crippen MR) is 83.4 cm³/mol. The molecular weight excluding hydrogens is 295 g/mol. The van der Waals surface area contributed by atoms with Gasteiger partial charge in [0.2, 0.25) is 0 Å². The minimum atomic E-state index is -0.405. The smallest absolute Gasteiger partial charge is 0.142 e. The Hall–Kier alpha value is -1.07. The Morgan fingerprint density at radius 2 is 2.00 bits per heavy atom. The van der Waals surface area contributed by atoms with Crippen molar-refractivity contribution in [1.82, 2.24) is 5.43 Å². The van der Waals surface area contributed by atoms with Gasteiger partial charge in [-0.2, -0.15) is 0 Å². The largest absolute Gasteiger partial charge is 0.271 e. The minimum Gasteiger partial charge on any atom is -0.271 e. The molecule has 2 aromatic rings. The fourth-order valence-electron chi connectivity index (χ4n) is 2.14. The fourth-order valence-corrected chi connectivity index (χ4v) is 3.00. The number of halogens is 2. The lowest BCUT2D eigenvalue weighted by Crippen LogP contribution is -2.30. The summed E-state index contributed by atoms with van der Waals surface area (Å²) in [5.74, 6) is 5.26. The van der Waals surface area contributed by atoms with E-state index in [0.29, 0.717) is 6.42 Å². The zero-order chi connectivity index (χ0) is 14.5. The van der Waals surface area contributed by atoms with Crippen molar-refractivity contribution in [3.63, 3.8) is 0 Å². The van der Waals surface area contributed by atoms with E-state index in [1.54, 1.807) is 17.8 Å². The molecule has 2 rings (SSSR count). The van der Waals surface area contributed by atoms with Crippen LogP contribution in [0.2, 0.25) is 5.02 Å². The summed E-state index contributed by atoms with van der Waals surface area (Å²) in [5.41, 5.74) is 4.62. The number of nitrogens with one attached hydrogen (secondary N) is 1. The first-order chi connectivity index (χ1) is 9.67. The molecule has 5 heteroatoms. The molecule has 1 atom stereocenters. The standard InChI is InChI=1S/C15H16ClFN2S/c1-20-14-8-3-2-6-11(14)13(19-18)9-10-5-4-7-12(17)15(10)16/h2-8,13,19H,9,18H2,1H3. The molecule has 0 bridgehead atoms. The summed E-state index contributed by atoms with van der Waals surface area (Å²) in [6.07, 6.45) is 2.55. The second-order valence-electron chi connectivity index (χ2n) is 4.38. The highest BCUT2D eigenvalue weighted by atomic mass is 35.5. The molecule has 0 amide bonds. The van der Waals surface area contributed by atoms with Crippen molar-refractivity contribution in [2.45, 2.75) is 17.4 Å². The summed E-state index contributed by atoms with van der Waals surface area (Å²) in [6, 6.07) is 12.7. The van der Waals surface area contributed by atoms with Crippen LogP contribution in [0.1, 0.15) is 17.2 Å². The van der Waals surface area contributed by atoms with Crippen LogP contribution in [-0.4, -0.2) is 6.26 Å². The van der Waals surface area contributed by atoms with Gasteiger partial charge in [-0.3, -0.25) is 11.3 Å². The average Bonchev–Trinajstić information content (AvgIpc) is 2.49. The van der Waals surface area contributed by atoms with Crippen LogP contribution in [0.5, 0.6) is 0 Å². The molecule has 0 saturated carbocycles. The average molecular weight is 311 g/mol. The Morgan fingerprint density at radius 3 is 2.70 bits per heavy atom. The van der Waals surface area contributed by atoms with Gasteiger partial charge in [-0.15, -0.1) is 11.8 Å². The van der Waals surface area contributed by atoms with E-state index in [0.717, 1.165) is 16.0 Å². The molecule has 0 spiro atoms. The van der Waals surface area contributed by atoms with Gasteiger partial charge in [0.25, 0.3) is 0 Å². The van der Waals surface area contributed by atoms with Gasteiger partial charge in [0, 0.05) is 4.90 Å². The van der Waals surface area contributed by atoms with Gasteiger partial charge in [-0.1, -0.05) is 41.9 Å². The van der Waals surface area contributed by atoms with Crippen molar-refractivity contribution in [2.75, 3.05) is 6.26 Å². The van der Waals surface area contributed by atoms with E-state index in [4.69, 9.17) is 17.4 Å². The Bertz CT molecular complexity index is 592. The quantitative estimate of drug-likeness (QED) is 0.499. The fraction of sp³-hybridized carbons (Fsp3) is 0.200. The van der Waals surface area contributed by atoms with E-state index >= 15 is 0 Å². The summed E-state index contributed by atoms with van der Waals surface area (Å²) in [7, 11) is 0. The van der Waals surface area contributed by atoms with Crippen molar-refractivity contribution >= 4 is 23.4 Å². The van der Waals surface area contributed by atoms with Gasteiger partial charge in [0.15, 0.2) is 0 Å². The molecule has 0 radical (unpaired) electrons. The zero-order valence-corrected chi connectivity index (χ0v) is 12.6. The summed E-state index contributed by atoms with van der Waals surface area (Å²) in [6.45, 7) is 0. The SMILES string of the molecule is CSc1ccccc1C(Cc1cccc(F)c1Cl)NN. The lowest BCUT2D eigenvalue weighted by atomic mass is 9.99. The van der Waals surface area contributed by atoms with Crippen LogP contribution in [0, 0.1) is 5.82 Å². The second-order valence-corrected chi connectivity index (χ2v) is 5.60. The highest BCUT2D eigenvalue weighted by Gasteiger charge is 2.16. The molecule has 0 aliphatic rings. The summed E-state index contributed by atoms with van der Waals surface area (Å²) >= 11 is 7.66. The first kappa shape index (κ1) is 15.3. The Kier molecular flexibility index (Phi) is 5.43. The van der Waals surface area contributed by atoms with Gasteiger partial charge >= 0.3 is 0 Å². The molecule has 106 valence electrons. The van der Waals surface area contributed by atoms with E-state index in [1.807, 2.05) is 36.6 Å². The van der Waals surface area contributed by atoms with Gasteiger partial charge in [0.05, 0.1) is 11.1 Å². The molecule has 0 fully saturated rings. The zero-order valence-electron chi connectivity index (χ0n) is 11.1. The van der Waals surface area contributed by atoms with E-state index in [1.165, 1.54) is 6.07 Å². The third-order valence-electron chi connectivity index (χ3n) is 3.17. The molecule has 0 saturated heterocycles. The second kappa shape index (κ2) is 7.09. The van der Waals surface area contributed by atoms with Crippen LogP contribution in [-0.2, 0) is 6.42 Å². The number of hydrazine groups is 1. The molecular formula is C15H16ClFN2S. The monoisotopic (exact) mass is 310 g/mol. The molecule has 3 N–H and O–H groups in total. The molecule has 2 nitrogen and oxygen atoms in total. The van der Waals surface area contributed by atoms with Crippen LogP contribution >= 0.6 is 23.4 Å². The number of thioether (sulfide) groups is 1. The van der Waals surface area contributed by atoms with Crippen molar-refractivity contribution in [3.8, 4) is 0 Å². The molecule has 0 heterocycles. The number of hydrogen-bond acceptors (Lipinski definition) is 3. The van der Waals surface area contributed by atoms with Crippen molar-refractivity contribution in [1.29, 1.82) is 0 Å². The summed E-state index contributed by atoms with van der Waals surface area (Å²) in [5, 5.41) is 0.161. The van der Waals surface area contributed by atoms with Crippen LogP contribution in [0.3, 0.4) is 0 Å². The maximum Gasteiger partial charge on any atom is 0.142 e. The van der Waals surface area contributed by atoms with Crippen molar-refractivity contribution in [2.24, 2.45) is 5.84 Å². The van der Waals surface area contributed by atoms with Gasteiger partial charge in [0.1, 0.15) is 5.82 Å². The first-order valence-corrected chi connectivity index (χ1v) is 7.79. The summed E-state index contributed by atoms with van der Waals surface area (Å²) in [4.78, 5) is 1.14. The van der Waals surface area contributed by atoms with Crippen LogP contribution < -0.4 is 11.3 Å². The van der Waals surface area contributed by atoms with Crippen LogP contribution in [0.4, 0.5) is 4.39 Å². The maximum atomic E-state index is 13.5. The normalized spacial score (nSPS) is 12.4. The molecule has 20 heavy (non-hydrogen) atoms. The van der Waals surface area contributed by atoms with Crippen LogP contribution in [0.15, 0.2) is 47.4 Å². The Balaban J connectivity index is 2.31. The Labute approximate surface area is 127 Å². The van der Waals surface area contributed by atoms with Crippen molar-refractivity contribution in [3.05, 3.63) is 64.4 Å². The number of benzene rings is 2. The van der Waals surface area contributed by atoms with Gasteiger partial charge in [-0.05, 0) is 35.9 Å². The third-order valence-corrected chi connectivity index (χ3v) is 4.41. The highest BCUT2D eigenvalue weighted by molar-refractivity contribution is 7.98. The number of rotatable bonds is 5. The number of hydrogen-bond donors (Lipinski definition) is 2. The van der Waals surface area contributed by atoms with Gasteiger partial charge in [-0.25, -0.2) is 4.39 Å². The number of nitrogens with two attached hydrogens (primary N) is 1.